The lowest BCUT2D eigenvalue weighted by molar-refractivity contribution is -0.142. The summed E-state index contributed by atoms with van der Waals surface area (Å²) in [5, 5.41) is 8.96. The molecule has 0 aromatic carbocycles. The third-order valence-electron chi connectivity index (χ3n) is 3.53. The first-order valence-electron chi connectivity index (χ1n) is 7.11. The number of ketones is 1. The molecule has 0 aromatic rings. The number of hydrogen-bond acceptors (Lipinski definition) is 3. The van der Waals surface area contributed by atoms with Gasteiger partial charge < -0.3 is 5.11 Å². The summed E-state index contributed by atoms with van der Waals surface area (Å²) < 4.78 is 0. The zero-order valence-electron chi connectivity index (χ0n) is 12.0. The van der Waals surface area contributed by atoms with Gasteiger partial charge in [0.25, 0.3) is 0 Å². The molecule has 0 radical (unpaired) electrons. The number of rotatable bonds is 8. The normalized spacial score (nSPS) is 17.1. The highest BCUT2D eigenvalue weighted by molar-refractivity contribution is 5.77. The molecular weight excluding hydrogens is 242 g/mol. The summed E-state index contributed by atoms with van der Waals surface area (Å²) in [5.74, 6) is -1.14. The van der Waals surface area contributed by atoms with E-state index in [1.54, 1.807) is 13.8 Å². The summed E-state index contributed by atoms with van der Waals surface area (Å²) >= 11 is 0. The molecule has 0 aromatic heterocycles. The molecule has 19 heavy (non-hydrogen) atoms. The second-order valence-electron chi connectivity index (χ2n) is 5.53. The van der Waals surface area contributed by atoms with E-state index in [1.807, 2.05) is 4.90 Å². The van der Waals surface area contributed by atoms with Gasteiger partial charge in [0, 0.05) is 13.1 Å². The maximum absolute atomic E-state index is 11.3. The van der Waals surface area contributed by atoms with E-state index >= 15 is 0 Å². The van der Waals surface area contributed by atoms with Gasteiger partial charge in [-0.3, -0.25) is 14.5 Å². The molecule has 0 bridgehead atoms. The molecule has 108 valence electrons. The maximum Gasteiger partial charge on any atom is 0.307 e. The summed E-state index contributed by atoms with van der Waals surface area (Å²) in [5.41, 5.74) is 1.46. The fourth-order valence-electron chi connectivity index (χ4n) is 2.45. The van der Waals surface area contributed by atoms with E-state index in [1.165, 1.54) is 18.4 Å². The molecule has 1 aliphatic carbocycles. The van der Waals surface area contributed by atoms with Crippen LogP contribution in [0.15, 0.2) is 11.6 Å². The maximum atomic E-state index is 11.3. The predicted octanol–water partition coefficient (Wildman–Crippen LogP) is 2.49. The molecule has 1 atom stereocenters. The summed E-state index contributed by atoms with van der Waals surface area (Å²) in [6.07, 6.45) is 8.10. The fraction of sp³-hybridized carbons (Fsp3) is 0.733. The van der Waals surface area contributed by atoms with Crippen LogP contribution >= 0.6 is 0 Å². The van der Waals surface area contributed by atoms with Crippen LogP contribution in [0.2, 0.25) is 0 Å². The van der Waals surface area contributed by atoms with Crippen molar-refractivity contribution in [1.82, 2.24) is 4.90 Å². The Morgan fingerprint density at radius 1 is 1.42 bits per heavy atom. The van der Waals surface area contributed by atoms with Gasteiger partial charge in [-0.2, -0.15) is 0 Å². The van der Waals surface area contributed by atoms with Crippen LogP contribution in [-0.4, -0.2) is 41.4 Å². The number of carboxylic acid groups (broad SMARTS) is 1. The molecule has 0 saturated heterocycles. The standard InChI is InChI=1S/C15H25NO3/c1-12(15(18)19)10-16(11-13(2)17)9-8-14-6-4-3-5-7-14/h6,12H,3-5,7-11H2,1-2H3,(H,18,19). The first-order chi connectivity index (χ1) is 8.99. The van der Waals surface area contributed by atoms with Gasteiger partial charge in [-0.25, -0.2) is 0 Å². The van der Waals surface area contributed by atoms with Crippen LogP contribution in [-0.2, 0) is 9.59 Å². The van der Waals surface area contributed by atoms with Crippen LogP contribution in [0.5, 0.6) is 0 Å². The van der Waals surface area contributed by atoms with Gasteiger partial charge in [-0.15, -0.1) is 0 Å². The minimum absolute atomic E-state index is 0.0928. The van der Waals surface area contributed by atoms with Crippen molar-refractivity contribution in [2.75, 3.05) is 19.6 Å². The molecule has 4 nitrogen and oxygen atoms in total. The van der Waals surface area contributed by atoms with Crippen molar-refractivity contribution in [1.29, 1.82) is 0 Å². The highest BCUT2D eigenvalue weighted by Gasteiger charge is 2.17. The Balaban J connectivity index is 2.46. The molecule has 0 heterocycles. The van der Waals surface area contributed by atoms with Gasteiger partial charge >= 0.3 is 5.97 Å². The lowest BCUT2D eigenvalue weighted by Crippen LogP contribution is -2.36. The third kappa shape index (κ3) is 6.53. The van der Waals surface area contributed by atoms with Crippen LogP contribution in [0, 0.1) is 5.92 Å². The summed E-state index contributed by atoms with van der Waals surface area (Å²) in [6.45, 7) is 4.82. The van der Waals surface area contributed by atoms with E-state index in [2.05, 4.69) is 6.08 Å². The Labute approximate surface area is 115 Å². The monoisotopic (exact) mass is 267 g/mol. The van der Waals surface area contributed by atoms with E-state index in [4.69, 9.17) is 5.11 Å². The molecule has 0 aliphatic heterocycles. The third-order valence-corrected chi connectivity index (χ3v) is 3.53. The van der Waals surface area contributed by atoms with Crippen molar-refractivity contribution < 1.29 is 14.7 Å². The Kier molecular flexibility index (Phi) is 6.78. The largest absolute Gasteiger partial charge is 0.481 e. The SMILES string of the molecule is CC(=O)CN(CCC1=CCCCC1)CC(C)C(=O)O. The quantitative estimate of drug-likeness (QED) is 0.686. The lowest BCUT2D eigenvalue weighted by Gasteiger charge is -2.24. The lowest BCUT2D eigenvalue weighted by atomic mass is 9.97. The van der Waals surface area contributed by atoms with Crippen molar-refractivity contribution in [2.24, 2.45) is 5.92 Å². The van der Waals surface area contributed by atoms with Crippen molar-refractivity contribution in [3.05, 3.63) is 11.6 Å². The van der Waals surface area contributed by atoms with E-state index in [0.29, 0.717) is 13.1 Å². The van der Waals surface area contributed by atoms with E-state index in [9.17, 15) is 9.59 Å². The van der Waals surface area contributed by atoms with Gasteiger partial charge in [0.2, 0.25) is 0 Å². The van der Waals surface area contributed by atoms with Gasteiger partial charge in [0.1, 0.15) is 5.78 Å². The minimum atomic E-state index is -0.801. The number of carboxylic acids is 1. The number of nitrogens with zero attached hydrogens (tertiary/aromatic N) is 1. The molecule has 0 saturated carbocycles. The van der Waals surface area contributed by atoms with Crippen LogP contribution in [0.1, 0.15) is 46.0 Å². The van der Waals surface area contributed by atoms with Gasteiger partial charge in [0.15, 0.2) is 0 Å². The fourth-order valence-corrected chi connectivity index (χ4v) is 2.45. The van der Waals surface area contributed by atoms with Crippen LogP contribution < -0.4 is 0 Å². The van der Waals surface area contributed by atoms with E-state index in [-0.39, 0.29) is 5.78 Å². The zero-order valence-corrected chi connectivity index (χ0v) is 12.0. The predicted molar refractivity (Wildman–Crippen MR) is 75.1 cm³/mol. The van der Waals surface area contributed by atoms with Crippen LogP contribution in [0.4, 0.5) is 0 Å². The summed E-state index contributed by atoms with van der Waals surface area (Å²) in [4.78, 5) is 24.1. The number of carbonyl (C=O) groups excluding carboxylic acids is 1. The molecular formula is C15H25NO3. The number of aliphatic carboxylic acids is 1. The summed E-state index contributed by atoms with van der Waals surface area (Å²) in [6, 6.07) is 0. The number of hydrogen-bond donors (Lipinski definition) is 1. The molecule has 1 unspecified atom stereocenters. The molecule has 0 fully saturated rings. The average Bonchev–Trinajstić information content (AvgIpc) is 2.36. The topological polar surface area (TPSA) is 57.6 Å². The smallest absolute Gasteiger partial charge is 0.307 e. The Morgan fingerprint density at radius 3 is 2.68 bits per heavy atom. The molecule has 1 rings (SSSR count). The second kappa shape index (κ2) is 8.10. The summed E-state index contributed by atoms with van der Waals surface area (Å²) in [7, 11) is 0. The van der Waals surface area contributed by atoms with E-state index < -0.39 is 11.9 Å². The van der Waals surface area contributed by atoms with Crippen molar-refractivity contribution in [3.8, 4) is 0 Å². The van der Waals surface area contributed by atoms with Gasteiger partial charge in [0.05, 0.1) is 12.5 Å². The molecule has 1 aliphatic rings. The van der Waals surface area contributed by atoms with Crippen molar-refractivity contribution in [3.63, 3.8) is 0 Å². The van der Waals surface area contributed by atoms with Crippen molar-refractivity contribution in [2.45, 2.75) is 46.0 Å². The van der Waals surface area contributed by atoms with Crippen molar-refractivity contribution >= 4 is 11.8 Å². The van der Waals surface area contributed by atoms with Crippen LogP contribution in [0.25, 0.3) is 0 Å². The average molecular weight is 267 g/mol. The Morgan fingerprint density at radius 2 is 2.16 bits per heavy atom. The second-order valence-corrected chi connectivity index (χ2v) is 5.53. The zero-order chi connectivity index (χ0) is 14.3. The molecule has 1 N–H and O–H groups in total. The highest BCUT2D eigenvalue weighted by atomic mass is 16.4. The number of Topliss-reactive ketones (excluding diaryl/α,β-unsaturated/α-hetero) is 1. The Bertz CT molecular complexity index is 349. The van der Waals surface area contributed by atoms with Crippen LogP contribution in [0.3, 0.4) is 0 Å². The number of carbonyl (C=O) groups is 2. The highest BCUT2D eigenvalue weighted by Crippen LogP contribution is 2.20. The molecule has 0 amide bonds. The minimum Gasteiger partial charge on any atom is -0.481 e. The number of allylic oxidation sites excluding steroid dienone is 1. The first-order valence-corrected chi connectivity index (χ1v) is 7.11. The van der Waals surface area contributed by atoms with Gasteiger partial charge in [-0.05, 0) is 39.0 Å². The van der Waals surface area contributed by atoms with E-state index in [0.717, 1.165) is 25.8 Å². The first kappa shape index (κ1) is 15.9. The molecule has 4 heteroatoms. The Hall–Kier alpha value is -1.16. The molecule has 0 spiro atoms. The van der Waals surface area contributed by atoms with Gasteiger partial charge in [-0.1, -0.05) is 18.6 Å².